The van der Waals surface area contributed by atoms with Crippen molar-refractivity contribution in [3.8, 4) is 0 Å². The number of amides is 2. The smallest absolute Gasteiger partial charge is 0.317 e. The second-order valence-electron chi connectivity index (χ2n) is 6.65. The molecule has 0 aromatic carbocycles. The highest BCUT2D eigenvalue weighted by Crippen LogP contribution is 2.19. The summed E-state index contributed by atoms with van der Waals surface area (Å²) in [4.78, 5) is 23.6. The monoisotopic (exact) mass is 367 g/mol. The zero-order valence-electron chi connectivity index (χ0n) is 15.0. The van der Waals surface area contributed by atoms with Crippen LogP contribution in [0.4, 0.5) is 9.93 Å². The molecule has 140 valence electrons. The summed E-state index contributed by atoms with van der Waals surface area (Å²) >= 11 is 1.66. The molecule has 2 aliphatic heterocycles. The van der Waals surface area contributed by atoms with E-state index in [0.29, 0.717) is 6.04 Å². The van der Waals surface area contributed by atoms with Crippen LogP contribution in [0.2, 0.25) is 0 Å². The molecule has 25 heavy (non-hydrogen) atoms. The van der Waals surface area contributed by atoms with Crippen LogP contribution >= 0.6 is 11.3 Å². The average Bonchev–Trinajstić information content (AvgIpc) is 3.25. The lowest BCUT2D eigenvalue weighted by molar-refractivity contribution is 0.139. The van der Waals surface area contributed by atoms with Gasteiger partial charge in [-0.15, -0.1) is 11.3 Å². The van der Waals surface area contributed by atoms with Crippen molar-refractivity contribution in [2.45, 2.75) is 25.3 Å². The number of hydrogen-bond donors (Lipinski definition) is 1. The van der Waals surface area contributed by atoms with Crippen LogP contribution in [-0.2, 0) is 4.74 Å². The van der Waals surface area contributed by atoms with Crippen molar-refractivity contribution < 1.29 is 9.53 Å². The van der Waals surface area contributed by atoms with Crippen molar-refractivity contribution in [1.29, 1.82) is 0 Å². The van der Waals surface area contributed by atoms with Gasteiger partial charge in [0.1, 0.15) is 0 Å². The summed E-state index contributed by atoms with van der Waals surface area (Å²) in [5.41, 5.74) is 0. The summed E-state index contributed by atoms with van der Waals surface area (Å²) in [7, 11) is 1.74. The number of urea groups is 1. The highest BCUT2D eigenvalue weighted by molar-refractivity contribution is 7.13. The molecule has 3 heterocycles. The molecule has 3 rings (SSSR count). The first-order chi connectivity index (χ1) is 12.3. The van der Waals surface area contributed by atoms with Crippen LogP contribution in [0.15, 0.2) is 11.6 Å². The van der Waals surface area contributed by atoms with Gasteiger partial charge in [-0.05, 0) is 25.8 Å². The molecule has 0 aliphatic carbocycles. The van der Waals surface area contributed by atoms with Crippen molar-refractivity contribution in [3.63, 3.8) is 0 Å². The fraction of sp³-hybridized carbons (Fsp3) is 0.765. The number of nitrogens with zero attached hydrogens (tertiary/aromatic N) is 4. The van der Waals surface area contributed by atoms with E-state index in [-0.39, 0.29) is 6.03 Å². The lowest BCUT2D eigenvalue weighted by Gasteiger charge is -2.26. The molecule has 2 fully saturated rings. The van der Waals surface area contributed by atoms with E-state index in [1.54, 1.807) is 18.4 Å². The Kier molecular flexibility index (Phi) is 6.89. The van der Waals surface area contributed by atoms with Gasteiger partial charge in [0, 0.05) is 64.0 Å². The zero-order chi connectivity index (χ0) is 17.5. The Balaban J connectivity index is 1.43. The van der Waals surface area contributed by atoms with Crippen LogP contribution < -0.4 is 10.2 Å². The van der Waals surface area contributed by atoms with Gasteiger partial charge >= 0.3 is 6.03 Å². The molecule has 1 aromatic heterocycles. The molecule has 1 N–H and O–H groups in total. The van der Waals surface area contributed by atoms with Crippen molar-refractivity contribution >= 4 is 22.5 Å². The molecular formula is C17H29N5O2S. The van der Waals surface area contributed by atoms with Crippen molar-refractivity contribution in [1.82, 2.24) is 20.1 Å². The molecule has 0 bridgehead atoms. The summed E-state index contributed by atoms with van der Waals surface area (Å²) in [5, 5.41) is 6.21. The zero-order valence-corrected chi connectivity index (χ0v) is 15.8. The van der Waals surface area contributed by atoms with Gasteiger partial charge in [0.05, 0.1) is 6.61 Å². The number of aromatic nitrogens is 1. The third kappa shape index (κ3) is 5.05. The average molecular weight is 368 g/mol. The predicted octanol–water partition coefficient (Wildman–Crippen LogP) is 1.48. The molecule has 0 saturated carbocycles. The van der Waals surface area contributed by atoms with Gasteiger partial charge in [0.2, 0.25) is 0 Å². The first kappa shape index (κ1) is 18.4. The Hall–Kier alpha value is -1.38. The topological polar surface area (TPSA) is 60.9 Å². The second-order valence-corrected chi connectivity index (χ2v) is 7.53. The van der Waals surface area contributed by atoms with Crippen LogP contribution in [0.25, 0.3) is 0 Å². The lowest BCUT2D eigenvalue weighted by atomic mass is 10.2. The molecule has 0 radical (unpaired) electrons. The van der Waals surface area contributed by atoms with E-state index in [9.17, 15) is 4.79 Å². The summed E-state index contributed by atoms with van der Waals surface area (Å²) in [5.74, 6) is 0. The second kappa shape index (κ2) is 9.35. The Labute approximate surface area is 153 Å². The number of ether oxygens (including phenoxy) is 1. The maximum Gasteiger partial charge on any atom is 0.317 e. The summed E-state index contributed by atoms with van der Waals surface area (Å²) in [6.07, 6.45) is 5.18. The molecule has 1 aromatic rings. The first-order valence-electron chi connectivity index (χ1n) is 9.18. The summed E-state index contributed by atoms with van der Waals surface area (Å²) in [6, 6.07) is 0.512. The Morgan fingerprint density at radius 2 is 2.24 bits per heavy atom. The quantitative estimate of drug-likeness (QED) is 0.825. The minimum absolute atomic E-state index is 0.0691. The minimum atomic E-state index is 0.0691. The summed E-state index contributed by atoms with van der Waals surface area (Å²) in [6.45, 7) is 6.92. The van der Waals surface area contributed by atoms with Crippen LogP contribution in [0.1, 0.15) is 19.3 Å². The lowest BCUT2D eigenvalue weighted by Crippen LogP contribution is -2.47. The van der Waals surface area contributed by atoms with Crippen LogP contribution in [0, 0.1) is 0 Å². The van der Waals surface area contributed by atoms with E-state index in [2.05, 4.69) is 20.1 Å². The number of anilines is 1. The SMILES string of the molecule is COCCN1CCCC1CNC(=O)N1CCCN(c2nccs2)CC1. The number of rotatable bonds is 6. The molecular weight excluding hydrogens is 338 g/mol. The fourth-order valence-corrected chi connectivity index (χ4v) is 4.33. The van der Waals surface area contributed by atoms with E-state index in [4.69, 9.17) is 4.74 Å². The highest BCUT2D eigenvalue weighted by atomic mass is 32.1. The van der Waals surface area contributed by atoms with E-state index < -0.39 is 0 Å². The van der Waals surface area contributed by atoms with Gasteiger partial charge in [-0.2, -0.15) is 0 Å². The van der Waals surface area contributed by atoms with Crippen LogP contribution in [0.3, 0.4) is 0 Å². The molecule has 8 heteroatoms. The number of carbonyl (C=O) groups excluding carboxylic acids is 1. The number of carbonyl (C=O) groups is 1. The Morgan fingerprint density at radius 1 is 1.32 bits per heavy atom. The molecule has 2 saturated heterocycles. The Morgan fingerprint density at radius 3 is 3.04 bits per heavy atom. The number of thiazole rings is 1. The van der Waals surface area contributed by atoms with Gasteiger partial charge in [-0.25, -0.2) is 9.78 Å². The van der Waals surface area contributed by atoms with E-state index in [1.807, 2.05) is 16.5 Å². The van der Waals surface area contributed by atoms with Gasteiger partial charge in [0.25, 0.3) is 0 Å². The highest BCUT2D eigenvalue weighted by Gasteiger charge is 2.26. The minimum Gasteiger partial charge on any atom is -0.383 e. The number of nitrogens with one attached hydrogen (secondary N) is 1. The summed E-state index contributed by atoms with van der Waals surface area (Å²) < 4.78 is 5.18. The number of hydrogen-bond acceptors (Lipinski definition) is 6. The normalized spacial score (nSPS) is 22.2. The fourth-order valence-electron chi connectivity index (χ4n) is 3.63. The van der Waals surface area contributed by atoms with E-state index in [1.165, 1.54) is 6.42 Å². The largest absolute Gasteiger partial charge is 0.383 e. The Bertz CT molecular complexity index is 527. The maximum absolute atomic E-state index is 12.6. The van der Waals surface area contributed by atoms with Gasteiger partial charge in [0.15, 0.2) is 5.13 Å². The van der Waals surface area contributed by atoms with Crippen molar-refractivity contribution in [2.75, 3.05) is 64.4 Å². The van der Waals surface area contributed by atoms with Crippen LogP contribution in [-0.4, -0.2) is 86.4 Å². The standard InChI is InChI=1S/C17H29N5O2S/c1-24-12-11-20-6-2-4-15(20)14-19-16(23)21-7-3-8-22(10-9-21)17-18-5-13-25-17/h5,13,15H,2-4,6-12,14H2,1H3,(H,19,23). The van der Waals surface area contributed by atoms with Crippen LogP contribution in [0.5, 0.6) is 0 Å². The van der Waals surface area contributed by atoms with Crippen molar-refractivity contribution in [2.24, 2.45) is 0 Å². The molecule has 1 unspecified atom stereocenters. The maximum atomic E-state index is 12.6. The third-order valence-corrected chi connectivity index (χ3v) is 5.88. The molecule has 2 aliphatic rings. The molecule has 0 spiro atoms. The molecule has 7 nitrogen and oxygen atoms in total. The van der Waals surface area contributed by atoms with E-state index >= 15 is 0 Å². The third-order valence-electron chi connectivity index (χ3n) is 5.04. The van der Waals surface area contributed by atoms with Gasteiger partial charge in [-0.1, -0.05) is 0 Å². The van der Waals surface area contributed by atoms with Crippen molar-refractivity contribution in [3.05, 3.63) is 11.6 Å². The first-order valence-corrected chi connectivity index (χ1v) is 10.1. The van der Waals surface area contributed by atoms with Gasteiger partial charge < -0.3 is 19.9 Å². The van der Waals surface area contributed by atoms with E-state index in [0.717, 1.165) is 70.4 Å². The van der Waals surface area contributed by atoms with Gasteiger partial charge in [-0.3, -0.25) is 4.90 Å². The molecule has 2 amide bonds. The molecule has 1 atom stereocenters. The number of methoxy groups -OCH3 is 1. The number of likely N-dealkylation sites (tertiary alicyclic amines) is 1. The predicted molar refractivity (Wildman–Crippen MR) is 100 cm³/mol.